The van der Waals surface area contributed by atoms with Gasteiger partial charge in [-0.15, -0.1) is 23.2 Å². The molecule has 0 saturated carbocycles. The summed E-state index contributed by atoms with van der Waals surface area (Å²) in [6.07, 6.45) is -11.9. The van der Waals surface area contributed by atoms with Crippen LogP contribution in [0.5, 0.6) is 11.5 Å². The summed E-state index contributed by atoms with van der Waals surface area (Å²) in [4.78, 5) is 24.6. The van der Waals surface area contributed by atoms with Gasteiger partial charge in [0.25, 0.3) is 8.32 Å². The average Bonchev–Trinajstić information content (AvgIpc) is 3.07. The Kier molecular flexibility index (Phi) is 13.0. The van der Waals surface area contributed by atoms with Crippen molar-refractivity contribution in [2.24, 2.45) is 0 Å². The van der Waals surface area contributed by atoms with Gasteiger partial charge in [-0.05, 0) is 39.7 Å². The van der Waals surface area contributed by atoms with Gasteiger partial charge in [0.1, 0.15) is 42.2 Å². The van der Waals surface area contributed by atoms with Gasteiger partial charge in [-0.1, -0.05) is 81.4 Å². The SMILES string of the molecule is CC(C)(C)[Si](OC[C@H]1O[C@@H](Oc2ccc(OCCCl)cc2)[C@H](NC(=O)C(F)(F)F)[C@@H](OC(=O)CCl)[C@@H]1O)(c1ccccc1)c1ccccc1. The highest BCUT2D eigenvalue weighted by atomic mass is 35.5. The molecule has 3 aromatic carbocycles. The lowest BCUT2D eigenvalue weighted by molar-refractivity contribution is -0.251. The van der Waals surface area contributed by atoms with Crippen LogP contribution in [0.1, 0.15) is 20.8 Å². The fourth-order valence-electron chi connectivity index (χ4n) is 5.74. The Bertz CT molecular complexity index is 1470. The Morgan fingerprint density at radius 3 is 1.94 bits per heavy atom. The lowest BCUT2D eigenvalue weighted by atomic mass is 9.96. The van der Waals surface area contributed by atoms with Crippen molar-refractivity contribution in [3.63, 3.8) is 0 Å². The van der Waals surface area contributed by atoms with Crippen molar-refractivity contribution in [3.8, 4) is 11.5 Å². The van der Waals surface area contributed by atoms with Crippen molar-refractivity contribution in [2.75, 3.05) is 25.0 Å². The maximum Gasteiger partial charge on any atom is 0.471 e. The molecule has 15 heteroatoms. The molecule has 0 aromatic heterocycles. The lowest BCUT2D eigenvalue weighted by Gasteiger charge is -2.47. The van der Waals surface area contributed by atoms with E-state index >= 15 is 0 Å². The number of benzene rings is 3. The standard InChI is InChI=1S/C34H38Cl2F3NO8Si/c1-33(2,3)49(24-10-6-4-7-11-24,25-12-8-5-9-13-25)45-21-26-29(42)30(48-27(41)20-36)28(40-32(43)34(37,38)39)31(47-26)46-23-16-14-22(15-17-23)44-19-18-35/h4-17,26,28-31,42H,18-21H2,1-3H3,(H,40,43)/t26-,28-,29-,30-,31-/m1/s1. The van der Waals surface area contributed by atoms with Crippen molar-refractivity contribution in [3.05, 3.63) is 84.9 Å². The van der Waals surface area contributed by atoms with Crippen LogP contribution in [0, 0.1) is 0 Å². The number of carbonyl (C=O) groups is 2. The number of hydrogen-bond donors (Lipinski definition) is 2. The first-order valence-corrected chi connectivity index (χ1v) is 18.4. The average molecular weight is 745 g/mol. The molecule has 1 heterocycles. The summed E-state index contributed by atoms with van der Waals surface area (Å²) < 4.78 is 70.3. The Morgan fingerprint density at radius 1 is 0.898 bits per heavy atom. The molecule has 49 heavy (non-hydrogen) atoms. The number of nitrogens with one attached hydrogen (secondary N) is 1. The van der Waals surface area contributed by atoms with Crippen molar-refractivity contribution in [1.29, 1.82) is 0 Å². The number of esters is 1. The van der Waals surface area contributed by atoms with Crippen molar-refractivity contribution >= 4 is 53.8 Å². The molecule has 2 N–H and O–H groups in total. The summed E-state index contributed by atoms with van der Waals surface area (Å²) in [7, 11) is -3.21. The molecule has 0 aliphatic carbocycles. The molecular weight excluding hydrogens is 706 g/mol. The molecule has 0 bridgehead atoms. The van der Waals surface area contributed by atoms with Crippen LogP contribution < -0.4 is 25.2 Å². The molecule has 1 fully saturated rings. The van der Waals surface area contributed by atoms with Crippen LogP contribution in [-0.2, 0) is 23.5 Å². The number of halogens is 5. The fourth-order valence-corrected chi connectivity index (χ4v) is 10.4. The van der Waals surface area contributed by atoms with Crippen molar-refractivity contribution < 1.29 is 51.2 Å². The van der Waals surface area contributed by atoms with E-state index in [0.29, 0.717) is 5.75 Å². The first kappa shape index (κ1) is 38.5. The molecule has 0 unspecified atom stereocenters. The normalized spacial score (nSPS) is 21.4. The number of aliphatic hydroxyl groups is 1. The third-order valence-electron chi connectivity index (χ3n) is 7.91. The number of amides is 1. The van der Waals surface area contributed by atoms with Crippen molar-refractivity contribution in [1.82, 2.24) is 5.32 Å². The Labute approximate surface area is 293 Å². The minimum absolute atomic E-state index is 0.111. The molecular formula is C34H38Cl2F3NO8Si. The molecule has 5 atom stereocenters. The van der Waals surface area contributed by atoms with Gasteiger partial charge in [0.05, 0.1) is 12.5 Å². The van der Waals surface area contributed by atoms with Crippen LogP contribution in [0.3, 0.4) is 0 Å². The smallest absolute Gasteiger partial charge is 0.471 e. The molecule has 0 spiro atoms. The van der Waals surface area contributed by atoms with Gasteiger partial charge < -0.3 is 33.8 Å². The minimum Gasteiger partial charge on any atom is -0.492 e. The van der Waals surface area contributed by atoms with Gasteiger partial charge >= 0.3 is 18.1 Å². The van der Waals surface area contributed by atoms with Crippen LogP contribution in [0.4, 0.5) is 13.2 Å². The summed E-state index contributed by atoms with van der Waals surface area (Å²) in [6, 6.07) is 23.4. The molecule has 9 nitrogen and oxygen atoms in total. The Hall–Kier alpha value is -3.33. The zero-order valence-electron chi connectivity index (χ0n) is 27.0. The second-order valence-electron chi connectivity index (χ2n) is 12.2. The quantitative estimate of drug-likeness (QED) is 0.149. The number of aliphatic hydroxyl groups excluding tert-OH is 1. The maximum absolute atomic E-state index is 13.5. The monoisotopic (exact) mass is 743 g/mol. The summed E-state index contributed by atoms with van der Waals surface area (Å²) in [5.74, 6) is -3.29. The second-order valence-corrected chi connectivity index (χ2v) is 17.2. The Morgan fingerprint density at radius 2 is 1.45 bits per heavy atom. The first-order valence-electron chi connectivity index (χ1n) is 15.4. The van der Waals surface area contributed by atoms with Gasteiger partial charge in [-0.25, -0.2) is 0 Å². The number of hydrogen-bond acceptors (Lipinski definition) is 8. The Balaban J connectivity index is 1.75. The summed E-state index contributed by atoms with van der Waals surface area (Å²) >= 11 is 11.4. The maximum atomic E-state index is 13.5. The number of ether oxygens (including phenoxy) is 4. The summed E-state index contributed by atoms with van der Waals surface area (Å²) in [5.41, 5.74) is 0. The first-order chi connectivity index (χ1) is 23.2. The van der Waals surface area contributed by atoms with E-state index in [0.717, 1.165) is 10.4 Å². The van der Waals surface area contributed by atoms with E-state index < -0.39 is 67.9 Å². The highest BCUT2D eigenvalue weighted by Gasteiger charge is 2.55. The molecule has 1 saturated heterocycles. The third-order valence-corrected chi connectivity index (χ3v) is 13.3. The van der Waals surface area contributed by atoms with Gasteiger partial charge in [0.2, 0.25) is 6.29 Å². The van der Waals surface area contributed by atoms with E-state index in [1.807, 2.05) is 81.4 Å². The molecule has 3 aromatic rings. The summed E-state index contributed by atoms with van der Waals surface area (Å²) in [5, 5.41) is 14.7. The van der Waals surface area contributed by atoms with E-state index in [1.165, 1.54) is 24.3 Å². The molecule has 1 aliphatic rings. The van der Waals surface area contributed by atoms with E-state index in [2.05, 4.69) is 0 Å². The van der Waals surface area contributed by atoms with Crippen LogP contribution in [-0.4, -0.2) is 87.1 Å². The minimum atomic E-state index is -5.32. The van der Waals surface area contributed by atoms with Crippen LogP contribution in [0.15, 0.2) is 84.9 Å². The largest absolute Gasteiger partial charge is 0.492 e. The lowest BCUT2D eigenvalue weighted by Crippen LogP contribution is -2.70. The van der Waals surface area contributed by atoms with Crippen LogP contribution in [0.2, 0.25) is 5.04 Å². The highest BCUT2D eigenvalue weighted by Crippen LogP contribution is 2.38. The molecule has 1 amide bonds. The number of carbonyl (C=O) groups excluding carboxylic acids is 2. The molecule has 266 valence electrons. The zero-order valence-corrected chi connectivity index (χ0v) is 29.5. The van der Waals surface area contributed by atoms with Crippen LogP contribution >= 0.6 is 23.2 Å². The third kappa shape index (κ3) is 9.27. The zero-order chi connectivity index (χ0) is 35.8. The molecule has 4 rings (SSSR count). The van der Waals surface area contributed by atoms with E-state index in [1.54, 1.807) is 5.32 Å². The van der Waals surface area contributed by atoms with E-state index in [9.17, 15) is 27.9 Å². The molecule has 1 aliphatic heterocycles. The second kappa shape index (κ2) is 16.6. The number of rotatable bonds is 13. The van der Waals surface area contributed by atoms with Gasteiger partial charge in [0, 0.05) is 0 Å². The van der Waals surface area contributed by atoms with Gasteiger partial charge in [-0.2, -0.15) is 13.2 Å². The topological polar surface area (TPSA) is 113 Å². The predicted molar refractivity (Wildman–Crippen MR) is 180 cm³/mol. The fraction of sp³-hybridized carbons (Fsp3) is 0.412. The van der Waals surface area contributed by atoms with Crippen LogP contribution in [0.25, 0.3) is 0 Å². The van der Waals surface area contributed by atoms with E-state index in [4.69, 9.17) is 46.6 Å². The van der Waals surface area contributed by atoms with E-state index in [-0.39, 0.29) is 24.8 Å². The van der Waals surface area contributed by atoms with Crippen molar-refractivity contribution in [2.45, 2.75) is 62.6 Å². The summed E-state index contributed by atoms with van der Waals surface area (Å²) in [6.45, 7) is 6.05. The highest BCUT2D eigenvalue weighted by molar-refractivity contribution is 6.99. The van der Waals surface area contributed by atoms with Gasteiger partial charge in [0.15, 0.2) is 6.10 Å². The van der Waals surface area contributed by atoms with Gasteiger partial charge in [-0.3, -0.25) is 9.59 Å². The molecule has 0 radical (unpaired) electrons. The number of alkyl halides is 5. The predicted octanol–water partition coefficient (Wildman–Crippen LogP) is 4.54.